The van der Waals surface area contributed by atoms with Gasteiger partial charge in [-0.3, -0.25) is 5.10 Å². The minimum absolute atomic E-state index is 0.00647. The number of hydrogen-bond donors (Lipinski definition) is 4. The van der Waals surface area contributed by atoms with Gasteiger partial charge in [-0.2, -0.15) is 15.2 Å². The van der Waals surface area contributed by atoms with Crippen molar-refractivity contribution >= 4 is 28.4 Å². The van der Waals surface area contributed by atoms with Crippen LogP contribution in [0.4, 0.5) is 11.5 Å². The lowest BCUT2D eigenvalue weighted by Crippen LogP contribution is -2.13. The second kappa shape index (κ2) is 7.26. The van der Waals surface area contributed by atoms with Crippen molar-refractivity contribution in [3.05, 3.63) is 72.7 Å². The number of aromatic carboxylic acids is 1. The van der Waals surface area contributed by atoms with Gasteiger partial charge >= 0.3 is 5.97 Å². The van der Waals surface area contributed by atoms with Gasteiger partial charge in [0, 0.05) is 29.0 Å². The third-order valence-electron chi connectivity index (χ3n) is 4.64. The highest BCUT2D eigenvalue weighted by Crippen LogP contribution is 2.31. The van der Waals surface area contributed by atoms with Gasteiger partial charge in [0.15, 0.2) is 5.82 Å². The summed E-state index contributed by atoms with van der Waals surface area (Å²) in [4.78, 5) is 21.1. The molecule has 5 aromatic rings. The number of aromatic amines is 1. The Bertz CT molecular complexity index is 1410. The Morgan fingerprint density at radius 1 is 1.10 bits per heavy atom. The van der Waals surface area contributed by atoms with E-state index in [9.17, 15) is 15.0 Å². The number of fused-ring (bicyclic) bond motifs is 1. The number of nitrogens with zero attached hydrogens (tertiary/aromatic N) is 5. The first-order valence-corrected chi connectivity index (χ1v) is 9.23. The molecule has 3 heterocycles. The Kier molecular flexibility index (Phi) is 4.29. The first kappa shape index (κ1) is 18.3. The van der Waals surface area contributed by atoms with Crippen LogP contribution in [0.1, 0.15) is 10.4 Å². The normalized spacial score (nSPS) is 11.0. The van der Waals surface area contributed by atoms with E-state index in [1.165, 1.54) is 16.8 Å². The van der Waals surface area contributed by atoms with Crippen LogP contribution >= 0.6 is 0 Å². The van der Waals surface area contributed by atoms with E-state index in [1.54, 1.807) is 42.9 Å². The second-order valence-corrected chi connectivity index (χ2v) is 6.70. The first-order chi connectivity index (χ1) is 15.1. The molecule has 0 spiro atoms. The molecule has 10 heteroatoms. The molecule has 4 N–H and O–H groups in total. The maximum absolute atomic E-state index is 12.2. The smallest absolute Gasteiger partial charge is 0.341 e. The number of carbonyl (C=O) groups is 1. The molecule has 152 valence electrons. The van der Waals surface area contributed by atoms with Crippen LogP contribution in [0, 0.1) is 0 Å². The number of aromatic hydroxyl groups is 1. The van der Waals surface area contributed by atoms with Gasteiger partial charge in [-0.15, -0.1) is 0 Å². The third-order valence-corrected chi connectivity index (χ3v) is 4.64. The zero-order valence-electron chi connectivity index (χ0n) is 15.9. The number of nitrogens with one attached hydrogen (secondary N) is 2. The summed E-state index contributed by atoms with van der Waals surface area (Å²) in [5, 5.41) is 34.9. The lowest BCUT2D eigenvalue weighted by Gasteiger charge is -2.14. The van der Waals surface area contributed by atoms with Crippen molar-refractivity contribution in [1.82, 2.24) is 29.9 Å². The number of aromatic nitrogens is 6. The first-order valence-electron chi connectivity index (χ1n) is 9.23. The summed E-state index contributed by atoms with van der Waals surface area (Å²) in [7, 11) is 0. The van der Waals surface area contributed by atoms with Crippen LogP contribution in [0.5, 0.6) is 5.75 Å². The summed E-state index contributed by atoms with van der Waals surface area (Å²) < 4.78 is 1.43. The molecule has 0 radical (unpaired) electrons. The molecular formula is C21H15N7O3. The quantitative estimate of drug-likeness (QED) is 0.344. The van der Waals surface area contributed by atoms with Crippen LogP contribution in [-0.2, 0) is 0 Å². The molecular weight excluding hydrogens is 398 g/mol. The molecule has 2 aromatic carbocycles. The Balaban J connectivity index is 1.72. The largest absolute Gasteiger partial charge is 0.508 e. The molecule has 0 saturated carbocycles. The number of hydrogen-bond acceptors (Lipinski definition) is 7. The minimum Gasteiger partial charge on any atom is -0.508 e. The van der Waals surface area contributed by atoms with Gasteiger partial charge in [0.05, 0.1) is 17.4 Å². The maximum Gasteiger partial charge on any atom is 0.341 e. The number of phenolic OH excluding ortho intramolecular Hbond substituents is 1. The lowest BCUT2D eigenvalue weighted by atomic mass is 10.1. The zero-order valence-corrected chi connectivity index (χ0v) is 15.9. The fourth-order valence-electron chi connectivity index (χ4n) is 3.25. The lowest BCUT2D eigenvalue weighted by molar-refractivity contribution is 0.0698. The highest BCUT2D eigenvalue weighted by Gasteiger charge is 2.23. The zero-order chi connectivity index (χ0) is 21.4. The van der Waals surface area contributed by atoms with Crippen molar-refractivity contribution in [3.8, 4) is 23.0 Å². The molecule has 0 unspecified atom stereocenters. The number of phenols is 1. The molecule has 0 amide bonds. The minimum atomic E-state index is -1.21. The molecule has 0 aliphatic heterocycles. The van der Waals surface area contributed by atoms with Crippen molar-refractivity contribution in [2.24, 2.45) is 0 Å². The maximum atomic E-state index is 12.2. The highest BCUT2D eigenvalue weighted by atomic mass is 16.4. The summed E-state index contributed by atoms with van der Waals surface area (Å²) in [5.41, 5.74) is 1.93. The van der Waals surface area contributed by atoms with E-state index >= 15 is 0 Å². The van der Waals surface area contributed by atoms with Crippen molar-refractivity contribution in [1.29, 1.82) is 0 Å². The number of carboxylic acid groups (broad SMARTS) is 1. The number of H-pyrrole nitrogens is 1. The van der Waals surface area contributed by atoms with Crippen molar-refractivity contribution in [2.45, 2.75) is 0 Å². The summed E-state index contributed by atoms with van der Waals surface area (Å²) in [6.07, 6.45) is 4.90. The van der Waals surface area contributed by atoms with Gasteiger partial charge in [0.1, 0.15) is 11.3 Å². The SMILES string of the molecule is O=C(O)c1c(Nc2ccc3[nH]ncc3c2)nc(-n2cccn2)nc1-c1cccc(O)c1. The predicted octanol–water partition coefficient (Wildman–Crippen LogP) is 3.35. The van der Waals surface area contributed by atoms with Crippen LogP contribution in [-0.4, -0.2) is 46.1 Å². The number of benzene rings is 2. The average Bonchev–Trinajstić information content (AvgIpc) is 3.45. The van der Waals surface area contributed by atoms with Crippen LogP contribution in [0.15, 0.2) is 67.1 Å². The second-order valence-electron chi connectivity index (χ2n) is 6.70. The molecule has 0 fully saturated rings. The topological polar surface area (TPSA) is 142 Å². The Morgan fingerprint density at radius 3 is 2.77 bits per heavy atom. The van der Waals surface area contributed by atoms with Crippen LogP contribution in [0.25, 0.3) is 28.1 Å². The van der Waals surface area contributed by atoms with E-state index < -0.39 is 5.97 Å². The van der Waals surface area contributed by atoms with Crippen molar-refractivity contribution in [3.63, 3.8) is 0 Å². The van der Waals surface area contributed by atoms with Crippen LogP contribution in [0.2, 0.25) is 0 Å². The van der Waals surface area contributed by atoms with E-state index in [4.69, 9.17) is 0 Å². The number of carboxylic acids is 1. The van der Waals surface area contributed by atoms with Gasteiger partial charge in [-0.05, 0) is 36.4 Å². The van der Waals surface area contributed by atoms with Crippen molar-refractivity contribution < 1.29 is 15.0 Å². The summed E-state index contributed by atoms with van der Waals surface area (Å²) in [6, 6.07) is 13.4. The van der Waals surface area contributed by atoms with Gasteiger partial charge in [-0.25, -0.2) is 14.5 Å². The highest BCUT2D eigenvalue weighted by molar-refractivity contribution is 6.01. The molecule has 0 aliphatic rings. The molecule has 0 saturated heterocycles. The molecule has 31 heavy (non-hydrogen) atoms. The Labute approximate surface area is 174 Å². The molecule has 3 aromatic heterocycles. The van der Waals surface area contributed by atoms with Crippen LogP contribution < -0.4 is 5.32 Å². The van der Waals surface area contributed by atoms with Crippen LogP contribution in [0.3, 0.4) is 0 Å². The number of anilines is 2. The fourth-order valence-corrected chi connectivity index (χ4v) is 3.25. The van der Waals surface area contributed by atoms with E-state index in [2.05, 4.69) is 30.6 Å². The fraction of sp³-hybridized carbons (Fsp3) is 0. The standard InChI is InChI=1S/C21H15N7O3/c29-15-4-1-3-12(10-15)18-17(20(30)31)19(26-21(25-18)28-8-2-7-23-28)24-14-5-6-16-13(9-14)11-22-27-16/h1-11,29H,(H,22,27)(H,30,31)(H,24,25,26). The summed E-state index contributed by atoms with van der Waals surface area (Å²) in [6.45, 7) is 0. The Hall–Kier alpha value is -4.73. The molecule has 0 atom stereocenters. The van der Waals surface area contributed by atoms with Gasteiger partial charge in [0.2, 0.25) is 0 Å². The van der Waals surface area contributed by atoms with E-state index in [-0.39, 0.29) is 28.8 Å². The predicted molar refractivity (Wildman–Crippen MR) is 113 cm³/mol. The van der Waals surface area contributed by atoms with E-state index in [1.807, 2.05) is 12.1 Å². The van der Waals surface area contributed by atoms with Gasteiger partial charge in [-0.1, -0.05) is 12.1 Å². The summed E-state index contributed by atoms with van der Waals surface area (Å²) >= 11 is 0. The van der Waals surface area contributed by atoms with Gasteiger partial charge < -0.3 is 15.5 Å². The van der Waals surface area contributed by atoms with E-state index in [0.717, 1.165) is 10.9 Å². The van der Waals surface area contributed by atoms with Crippen molar-refractivity contribution in [2.75, 3.05) is 5.32 Å². The Morgan fingerprint density at radius 2 is 2.00 bits per heavy atom. The molecule has 0 bridgehead atoms. The molecule has 5 rings (SSSR count). The number of rotatable bonds is 5. The summed E-state index contributed by atoms with van der Waals surface area (Å²) in [5.74, 6) is -0.945. The third kappa shape index (κ3) is 3.42. The van der Waals surface area contributed by atoms with E-state index in [0.29, 0.717) is 11.3 Å². The average molecular weight is 413 g/mol. The van der Waals surface area contributed by atoms with Gasteiger partial charge in [0.25, 0.3) is 5.95 Å². The molecule has 10 nitrogen and oxygen atoms in total. The monoisotopic (exact) mass is 413 g/mol. The molecule has 0 aliphatic carbocycles.